The summed E-state index contributed by atoms with van der Waals surface area (Å²) >= 11 is 0. The van der Waals surface area contributed by atoms with E-state index in [-0.39, 0.29) is 16.2 Å². The van der Waals surface area contributed by atoms with Crippen molar-refractivity contribution in [2.75, 3.05) is 9.80 Å². The predicted molar refractivity (Wildman–Crippen MR) is 264 cm³/mol. The molecular weight excluding hydrogens is 749 g/mol. The maximum absolute atomic E-state index is 4.85. The molecule has 2 aliphatic heterocycles. The zero-order valence-corrected chi connectivity index (χ0v) is 36.7. The van der Waals surface area contributed by atoms with Gasteiger partial charge in [-0.25, -0.2) is 0 Å². The molecule has 0 radical (unpaired) electrons. The van der Waals surface area contributed by atoms with E-state index in [1.807, 2.05) is 0 Å². The second-order valence-electron chi connectivity index (χ2n) is 19.1. The standard InChI is InChI=1S/C60H54N2/c1-40(25-27-42-28-29-44-38-45(31-30-43(44)37-42)61-54-21-11-7-17-49(54)58(3,4)50-18-8-12-22-55(50)61)26-33-47-41(2)60(35-15-16-36-60)53-39-46(32-34-48(47)53)62-56-23-13-9-19-51(56)59(5,6)52-20-10-14-24-57(52)62/h7-14,17-34,37-39H,2,15-16,35-36H2,1,3-6H3/b27-25+,40-26+,47-33+. The second kappa shape index (κ2) is 14.2. The number of hydrogen-bond acceptors (Lipinski definition) is 2. The molecule has 0 saturated heterocycles. The van der Waals surface area contributed by atoms with Crippen molar-refractivity contribution in [1.82, 2.24) is 0 Å². The molecule has 2 aliphatic carbocycles. The minimum absolute atomic E-state index is 0.00876. The highest BCUT2D eigenvalue weighted by Gasteiger charge is 2.47. The van der Waals surface area contributed by atoms with Gasteiger partial charge in [0.05, 0.1) is 22.7 Å². The Kier molecular flexibility index (Phi) is 8.78. The minimum atomic E-state index is -0.0823. The van der Waals surface area contributed by atoms with E-state index in [9.17, 15) is 0 Å². The predicted octanol–water partition coefficient (Wildman–Crippen LogP) is 16.5. The number of hydrogen-bond donors (Lipinski definition) is 0. The number of nitrogens with zero attached hydrogens (tertiary/aromatic N) is 2. The molecule has 1 spiro atoms. The third-order valence-corrected chi connectivity index (χ3v) is 14.9. The molecule has 2 heterocycles. The Morgan fingerprint density at radius 3 is 1.55 bits per heavy atom. The zero-order chi connectivity index (χ0) is 42.4. The molecule has 11 rings (SSSR count). The minimum Gasteiger partial charge on any atom is -0.310 e. The Bertz CT molecular complexity index is 2970. The van der Waals surface area contributed by atoms with Crippen LogP contribution in [0, 0.1) is 0 Å². The smallest absolute Gasteiger partial charge is 0.0502 e. The summed E-state index contributed by atoms with van der Waals surface area (Å²) in [5.74, 6) is 0. The van der Waals surface area contributed by atoms with E-state index in [0.717, 1.165) is 12.8 Å². The topological polar surface area (TPSA) is 6.48 Å². The number of fused-ring (bicyclic) bond motifs is 7. The van der Waals surface area contributed by atoms with Crippen LogP contribution in [0.25, 0.3) is 22.4 Å². The van der Waals surface area contributed by atoms with Crippen molar-refractivity contribution in [3.63, 3.8) is 0 Å². The lowest BCUT2D eigenvalue weighted by Gasteiger charge is -2.42. The van der Waals surface area contributed by atoms with E-state index >= 15 is 0 Å². The summed E-state index contributed by atoms with van der Waals surface area (Å²) in [6, 6.07) is 56.6. The summed E-state index contributed by atoms with van der Waals surface area (Å²) in [7, 11) is 0. The lowest BCUT2D eigenvalue weighted by atomic mass is 9.73. The lowest BCUT2D eigenvalue weighted by Crippen LogP contribution is -2.30. The van der Waals surface area contributed by atoms with Crippen LogP contribution in [0.5, 0.6) is 0 Å². The fraction of sp³-hybridized carbons (Fsp3) is 0.200. The molecule has 0 aromatic heterocycles. The van der Waals surface area contributed by atoms with Crippen molar-refractivity contribution < 1.29 is 0 Å². The Morgan fingerprint density at radius 1 is 0.532 bits per heavy atom. The summed E-state index contributed by atoms with van der Waals surface area (Å²) in [6.45, 7) is 16.4. The maximum atomic E-state index is 4.85. The monoisotopic (exact) mass is 802 g/mol. The molecule has 304 valence electrons. The van der Waals surface area contributed by atoms with Crippen LogP contribution in [0.15, 0.2) is 188 Å². The second-order valence-corrected chi connectivity index (χ2v) is 19.1. The van der Waals surface area contributed by atoms with Gasteiger partial charge in [-0.05, 0) is 135 Å². The Balaban J connectivity index is 0.892. The van der Waals surface area contributed by atoms with Gasteiger partial charge in [0.1, 0.15) is 0 Å². The largest absolute Gasteiger partial charge is 0.310 e. The van der Waals surface area contributed by atoms with Crippen molar-refractivity contribution in [1.29, 1.82) is 0 Å². The summed E-state index contributed by atoms with van der Waals surface area (Å²) in [6.07, 6.45) is 13.9. The molecule has 1 saturated carbocycles. The Morgan fingerprint density at radius 2 is 1.00 bits per heavy atom. The summed E-state index contributed by atoms with van der Waals surface area (Å²) in [5.41, 5.74) is 20.5. The van der Waals surface area contributed by atoms with E-state index in [1.54, 1.807) is 0 Å². The van der Waals surface area contributed by atoms with Gasteiger partial charge in [0.2, 0.25) is 0 Å². The molecule has 7 aromatic carbocycles. The lowest BCUT2D eigenvalue weighted by molar-refractivity contribution is 0.552. The highest BCUT2D eigenvalue weighted by atomic mass is 15.2. The quantitative estimate of drug-likeness (QED) is 0.160. The van der Waals surface area contributed by atoms with Gasteiger partial charge in [-0.3, -0.25) is 0 Å². The van der Waals surface area contributed by atoms with Gasteiger partial charge in [-0.1, -0.05) is 174 Å². The van der Waals surface area contributed by atoms with Crippen LogP contribution in [-0.2, 0) is 16.2 Å². The maximum Gasteiger partial charge on any atom is 0.0502 e. The summed E-state index contributed by atoms with van der Waals surface area (Å²) in [5, 5.41) is 2.47. The molecule has 0 bridgehead atoms. The first-order chi connectivity index (χ1) is 30.1. The molecule has 4 aliphatic rings. The molecule has 7 aromatic rings. The number of benzene rings is 7. The third kappa shape index (κ3) is 5.76. The van der Waals surface area contributed by atoms with E-state index in [1.165, 1.54) is 113 Å². The molecule has 1 fully saturated rings. The van der Waals surface area contributed by atoms with Gasteiger partial charge >= 0.3 is 0 Å². The molecular formula is C60H54N2. The van der Waals surface area contributed by atoms with E-state index in [2.05, 4.69) is 220 Å². The van der Waals surface area contributed by atoms with Gasteiger partial charge in [0, 0.05) is 27.6 Å². The van der Waals surface area contributed by atoms with Crippen molar-refractivity contribution in [2.45, 2.75) is 76.5 Å². The van der Waals surface area contributed by atoms with Gasteiger partial charge in [0.15, 0.2) is 0 Å². The van der Waals surface area contributed by atoms with Gasteiger partial charge < -0.3 is 9.80 Å². The van der Waals surface area contributed by atoms with Crippen LogP contribution in [-0.4, -0.2) is 0 Å². The van der Waals surface area contributed by atoms with Crippen molar-refractivity contribution >= 4 is 56.5 Å². The van der Waals surface area contributed by atoms with Crippen molar-refractivity contribution in [3.05, 3.63) is 227 Å². The number of para-hydroxylation sites is 4. The Labute approximate surface area is 367 Å². The van der Waals surface area contributed by atoms with E-state index < -0.39 is 0 Å². The summed E-state index contributed by atoms with van der Waals surface area (Å²) in [4.78, 5) is 4.93. The van der Waals surface area contributed by atoms with Crippen molar-refractivity contribution in [2.24, 2.45) is 0 Å². The zero-order valence-electron chi connectivity index (χ0n) is 36.7. The number of allylic oxidation sites excluding steroid dienone is 6. The molecule has 0 N–H and O–H groups in total. The van der Waals surface area contributed by atoms with E-state index in [4.69, 9.17) is 6.58 Å². The number of anilines is 6. The normalized spacial score (nSPS) is 18.6. The van der Waals surface area contributed by atoms with Gasteiger partial charge in [-0.2, -0.15) is 0 Å². The first-order valence-corrected chi connectivity index (χ1v) is 22.5. The van der Waals surface area contributed by atoms with Crippen molar-refractivity contribution in [3.8, 4) is 0 Å². The first kappa shape index (κ1) is 38.3. The average molecular weight is 803 g/mol. The Hall–Kier alpha value is -6.64. The molecule has 0 unspecified atom stereocenters. The first-order valence-electron chi connectivity index (χ1n) is 22.5. The number of rotatable bonds is 5. The van der Waals surface area contributed by atoms with Gasteiger partial charge in [0.25, 0.3) is 0 Å². The van der Waals surface area contributed by atoms with Crippen LogP contribution in [0.2, 0.25) is 0 Å². The van der Waals surface area contributed by atoms with Crippen LogP contribution >= 0.6 is 0 Å². The third-order valence-electron chi connectivity index (χ3n) is 14.9. The SMILES string of the molecule is C=C1\C(=C/C=C(C)/C=C/c2ccc3cc(N4c5ccccc5C(C)(C)c5ccccc54)ccc3c2)c2ccc(N3c4ccccc4C(C)(C)c4ccccc43)cc2C12CCCC2. The van der Waals surface area contributed by atoms with Gasteiger partial charge in [-0.15, -0.1) is 0 Å². The molecule has 2 heteroatoms. The molecule has 2 nitrogen and oxygen atoms in total. The molecule has 0 atom stereocenters. The van der Waals surface area contributed by atoms with Crippen LogP contribution < -0.4 is 9.80 Å². The molecule has 0 amide bonds. The fourth-order valence-corrected chi connectivity index (χ4v) is 11.5. The average Bonchev–Trinajstić information content (AvgIpc) is 3.88. The van der Waals surface area contributed by atoms with Crippen LogP contribution in [0.4, 0.5) is 34.1 Å². The molecule has 62 heavy (non-hydrogen) atoms. The van der Waals surface area contributed by atoms with E-state index in [0.29, 0.717) is 0 Å². The highest BCUT2D eigenvalue weighted by molar-refractivity contribution is 5.95. The van der Waals surface area contributed by atoms with Crippen LogP contribution in [0.1, 0.15) is 99.2 Å². The summed E-state index contributed by atoms with van der Waals surface area (Å²) < 4.78 is 0. The fourth-order valence-electron chi connectivity index (χ4n) is 11.5. The van der Waals surface area contributed by atoms with Crippen LogP contribution in [0.3, 0.4) is 0 Å². The highest BCUT2D eigenvalue weighted by Crippen LogP contribution is 2.59.